The van der Waals surface area contributed by atoms with Crippen LogP contribution in [-0.4, -0.2) is 92.5 Å². The first-order valence-corrected chi connectivity index (χ1v) is 25.4. The number of allylic oxidation sites excluding steroid dienone is 1. The molecule has 4 aromatic carbocycles. The van der Waals surface area contributed by atoms with Crippen LogP contribution in [0.4, 0.5) is 24.5 Å². The molecule has 4 aromatic rings. The molecule has 0 radical (unpaired) electrons. The number of nitrogens with zero attached hydrogens (tertiary/aromatic N) is 3. The summed E-state index contributed by atoms with van der Waals surface area (Å²) in [7, 11) is 0. The lowest BCUT2D eigenvalue weighted by molar-refractivity contribution is -0.0328. The van der Waals surface area contributed by atoms with Crippen LogP contribution in [0.1, 0.15) is 81.3 Å². The van der Waals surface area contributed by atoms with E-state index in [4.69, 9.17) is 22.1 Å². The molecule has 3 N–H and O–H groups in total. The van der Waals surface area contributed by atoms with Crippen molar-refractivity contribution in [1.82, 2.24) is 14.5 Å². The number of unbranched alkanes of at least 4 members (excludes halogenated alkanes) is 1. The van der Waals surface area contributed by atoms with E-state index in [0.717, 1.165) is 94.5 Å². The Balaban J connectivity index is 0.000000338. The standard InChI is InChI=1S/C34H38ClF3N4OS2.C14H21NOS.C2H6/c1-22-18-28(19-30(31(22)39)44-34(36,37)38)45-40-32(43)24-6-10-27(11-7-24)42-16-14-41(15-17-42)21-25-20-33(2,3)13-12-29(25)23-4-8-26(35)9-5-23;1-2-6-14(7-3-1)17-13-5-4-8-15-9-11-16-12-10-15;1-2/h4-11,18-19H,12-17,20-21,39H2,1-3H3,(H,40,43);1-3,6-7H,4-5,8-13H2;1-2H3. The topological polar surface area (TPSA) is 74.1 Å². The van der Waals surface area contributed by atoms with Crippen LogP contribution in [0.2, 0.25) is 5.02 Å². The lowest BCUT2D eigenvalue weighted by Gasteiger charge is -2.39. The van der Waals surface area contributed by atoms with Crippen LogP contribution >= 0.6 is 47.1 Å². The van der Waals surface area contributed by atoms with Crippen molar-refractivity contribution in [2.45, 2.75) is 86.9 Å². The van der Waals surface area contributed by atoms with Gasteiger partial charge in [-0.05, 0) is 158 Å². The van der Waals surface area contributed by atoms with Crippen LogP contribution in [0.15, 0.2) is 111 Å². The summed E-state index contributed by atoms with van der Waals surface area (Å²) in [5.41, 5.74) is 8.09. The van der Waals surface area contributed by atoms with E-state index in [2.05, 4.69) is 75.7 Å². The predicted molar refractivity (Wildman–Crippen MR) is 267 cm³/mol. The number of ether oxygens (including phenoxy) is 1. The zero-order valence-electron chi connectivity index (χ0n) is 37.9. The Morgan fingerprint density at radius 3 is 2.19 bits per heavy atom. The fraction of sp³-hybridized carbons (Fsp3) is 0.460. The summed E-state index contributed by atoms with van der Waals surface area (Å²) in [6.07, 6.45) is 5.97. The molecule has 1 amide bonds. The van der Waals surface area contributed by atoms with E-state index in [9.17, 15) is 18.0 Å². The third-order valence-corrected chi connectivity index (χ3v) is 14.3. The number of benzene rings is 4. The molecule has 7 rings (SSSR count). The summed E-state index contributed by atoms with van der Waals surface area (Å²) in [5, 5.41) is 0.759. The molecule has 0 saturated carbocycles. The molecule has 64 heavy (non-hydrogen) atoms. The van der Waals surface area contributed by atoms with Gasteiger partial charge < -0.3 is 15.4 Å². The fourth-order valence-electron chi connectivity index (χ4n) is 7.96. The second-order valence-corrected chi connectivity index (χ2v) is 20.4. The van der Waals surface area contributed by atoms with Gasteiger partial charge in [0.25, 0.3) is 5.91 Å². The molecule has 348 valence electrons. The number of rotatable bonds is 14. The number of piperazine rings is 1. The number of aryl methyl sites for hydroxylation is 1. The number of hydrogen-bond donors (Lipinski definition) is 2. The Hall–Kier alpha value is -3.30. The van der Waals surface area contributed by atoms with Gasteiger partial charge in [0.05, 0.1) is 13.2 Å². The van der Waals surface area contributed by atoms with Crippen molar-refractivity contribution in [3.63, 3.8) is 0 Å². The Morgan fingerprint density at radius 1 is 0.859 bits per heavy atom. The van der Waals surface area contributed by atoms with Crippen molar-refractivity contribution in [3.05, 3.63) is 118 Å². The molecule has 14 heteroatoms. The number of morpholine rings is 1. The van der Waals surface area contributed by atoms with Gasteiger partial charge in [0.2, 0.25) is 0 Å². The average molecular weight is 957 g/mol. The third-order valence-electron chi connectivity index (χ3n) is 11.4. The second-order valence-electron chi connectivity index (χ2n) is 16.8. The van der Waals surface area contributed by atoms with E-state index in [1.165, 1.54) is 59.2 Å². The molecule has 0 unspecified atom stereocenters. The van der Waals surface area contributed by atoms with Gasteiger partial charge in [-0.1, -0.05) is 75.2 Å². The monoisotopic (exact) mass is 955 g/mol. The fourth-order valence-corrected chi connectivity index (χ4v) is 10.5. The molecule has 1 aliphatic carbocycles. The Labute approximate surface area is 397 Å². The van der Waals surface area contributed by atoms with Gasteiger partial charge in [-0.25, -0.2) is 0 Å². The zero-order chi connectivity index (χ0) is 46.1. The summed E-state index contributed by atoms with van der Waals surface area (Å²) in [5.74, 6) is 0.907. The number of nitrogens with two attached hydrogens (primary N) is 1. The smallest absolute Gasteiger partial charge is 0.398 e. The maximum Gasteiger partial charge on any atom is 0.446 e. The number of hydrogen-bond acceptors (Lipinski definition) is 9. The summed E-state index contributed by atoms with van der Waals surface area (Å²) >= 11 is 8.84. The lowest BCUT2D eigenvalue weighted by atomic mass is 9.73. The molecule has 0 aromatic heterocycles. The lowest BCUT2D eigenvalue weighted by Crippen LogP contribution is -2.47. The maximum absolute atomic E-state index is 12.9. The van der Waals surface area contributed by atoms with Crippen LogP contribution in [0.25, 0.3) is 5.57 Å². The molecule has 2 saturated heterocycles. The Bertz CT molecular complexity index is 2080. The third kappa shape index (κ3) is 16.8. The van der Waals surface area contributed by atoms with Gasteiger partial charge in [-0.2, -0.15) is 13.2 Å². The molecule has 0 atom stereocenters. The van der Waals surface area contributed by atoms with Crippen molar-refractivity contribution < 1.29 is 22.7 Å². The SMILES string of the molecule is CC.Cc1cc(SNC(=O)c2ccc(N3CCN(CC4=C(c5ccc(Cl)cc5)CCC(C)(C)C4)CC3)cc2)cc(SC(F)(F)F)c1N.c1ccc(SCCCCN2CCOCC2)cc1. The van der Waals surface area contributed by atoms with E-state index in [0.29, 0.717) is 21.4 Å². The molecule has 2 aliphatic heterocycles. The number of halogens is 4. The highest BCUT2D eigenvalue weighted by molar-refractivity contribution is 8.00. The summed E-state index contributed by atoms with van der Waals surface area (Å²) in [6, 6.07) is 29.4. The molecule has 0 spiro atoms. The van der Waals surface area contributed by atoms with E-state index in [1.54, 1.807) is 25.1 Å². The maximum atomic E-state index is 12.9. The normalized spacial score (nSPS) is 16.9. The number of alkyl halides is 3. The summed E-state index contributed by atoms with van der Waals surface area (Å²) < 4.78 is 46.9. The number of amides is 1. The highest BCUT2D eigenvalue weighted by Crippen LogP contribution is 2.44. The van der Waals surface area contributed by atoms with E-state index < -0.39 is 5.51 Å². The largest absolute Gasteiger partial charge is 0.446 e. The van der Waals surface area contributed by atoms with Crippen LogP contribution < -0.4 is 15.4 Å². The first-order valence-electron chi connectivity index (χ1n) is 22.4. The number of carbonyl (C=O) groups excluding carboxylic acids is 1. The summed E-state index contributed by atoms with van der Waals surface area (Å²) in [6.45, 7) is 20.3. The van der Waals surface area contributed by atoms with Crippen molar-refractivity contribution >= 4 is 69.9 Å². The number of nitrogen functional groups attached to an aromatic ring is 1. The van der Waals surface area contributed by atoms with Gasteiger partial charge in [0.1, 0.15) is 0 Å². The molecule has 3 aliphatic rings. The molecular weight excluding hydrogens is 891 g/mol. The van der Waals surface area contributed by atoms with Gasteiger partial charge in [0, 0.05) is 82.5 Å². The van der Waals surface area contributed by atoms with E-state index in [-0.39, 0.29) is 28.3 Å². The van der Waals surface area contributed by atoms with Crippen LogP contribution in [0, 0.1) is 12.3 Å². The Morgan fingerprint density at radius 2 is 1.53 bits per heavy atom. The molecular formula is C50H65ClF3N5O2S3. The van der Waals surface area contributed by atoms with Gasteiger partial charge in [0.15, 0.2) is 0 Å². The first kappa shape index (κ1) is 51.7. The average Bonchev–Trinajstić information content (AvgIpc) is 3.29. The quantitative estimate of drug-likeness (QED) is 0.0556. The highest BCUT2D eigenvalue weighted by Gasteiger charge is 2.31. The van der Waals surface area contributed by atoms with Crippen LogP contribution in [-0.2, 0) is 4.74 Å². The highest BCUT2D eigenvalue weighted by atomic mass is 35.5. The molecule has 0 bridgehead atoms. The number of nitrogens with one attached hydrogen (secondary N) is 1. The zero-order valence-corrected chi connectivity index (χ0v) is 41.2. The van der Waals surface area contributed by atoms with E-state index in [1.807, 2.05) is 49.9 Å². The predicted octanol–water partition coefficient (Wildman–Crippen LogP) is 13.0. The minimum absolute atomic E-state index is 0.0787. The molecule has 2 heterocycles. The van der Waals surface area contributed by atoms with Gasteiger partial charge in [-0.15, -0.1) is 11.8 Å². The molecule has 7 nitrogen and oxygen atoms in total. The van der Waals surface area contributed by atoms with Crippen molar-refractivity contribution in [2.75, 3.05) is 82.0 Å². The minimum atomic E-state index is -4.45. The Kier molecular flexibility index (Phi) is 20.6. The van der Waals surface area contributed by atoms with Crippen molar-refractivity contribution in [3.8, 4) is 0 Å². The number of thioether (sulfide) groups is 2. The van der Waals surface area contributed by atoms with Crippen LogP contribution in [0.5, 0.6) is 0 Å². The first-order chi connectivity index (χ1) is 30.7. The number of carbonyl (C=O) groups is 1. The second kappa shape index (κ2) is 25.6. The summed E-state index contributed by atoms with van der Waals surface area (Å²) in [4.78, 5) is 22.0. The van der Waals surface area contributed by atoms with Gasteiger partial charge in [-0.3, -0.25) is 19.3 Å². The number of anilines is 2. The van der Waals surface area contributed by atoms with Crippen molar-refractivity contribution in [2.24, 2.45) is 5.41 Å². The van der Waals surface area contributed by atoms with Crippen molar-refractivity contribution in [1.29, 1.82) is 0 Å². The van der Waals surface area contributed by atoms with Crippen LogP contribution in [0.3, 0.4) is 0 Å². The van der Waals surface area contributed by atoms with E-state index >= 15 is 0 Å². The van der Waals surface area contributed by atoms with Gasteiger partial charge >= 0.3 is 5.51 Å². The molecule has 2 fully saturated rings. The minimum Gasteiger partial charge on any atom is -0.398 e.